The molecule has 2 aromatic carbocycles. The fraction of sp³-hybridized carbons (Fsp3) is 0.111. The van der Waals surface area contributed by atoms with Gasteiger partial charge >= 0.3 is 0 Å². The van der Waals surface area contributed by atoms with Crippen molar-refractivity contribution in [2.75, 3.05) is 19.2 Å². The average Bonchev–Trinajstić information content (AvgIpc) is 3.30. The lowest BCUT2D eigenvalue weighted by atomic mass is 10.1. The van der Waals surface area contributed by atoms with Crippen molar-refractivity contribution in [2.45, 2.75) is 0 Å². The van der Waals surface area contributed by atoms with Crippen molar-refractivity contribution in [2.24, 2.45) is 0 Å². The summed E-state index contributed by atoms with van der Waals surface area (Å²) in [6.45, 7) is 0.216. The van der Waals surface area contributed by atoms with Crippen molar-refractivity contribution in [1.29, 1.82) is 0 Å². The van der Waals surface area contributed by atoms with Gasteiger partial charge in [-0.2, -0.15) is 5.10 Å². The van der Waals surface area contributed by atoms with E-state index in [1.54, 1.807) is 31.4 Å². The monoisotopic (exact) mass is 337 g/mol. The maximum atomic E-state index is 12.4. The molecule has 0 atom stereocenters. The molecule has 7 heteroatoms. The van der Waals surface area contributed by atoms with Gasteiger partial charge in [0.1, 0.15) is 11.4 Å². The van der Waals surface area contributed by atoms with E-state index < -0.39 is 0 Å². The summed E-state index contributed by atoms with van der Waals surface area (Å²) < 4.78 is 15.8. The Labute approximate surface area is 143 Å². The number of rotatable bonds is 4. The van der Waals surface area contributed by atoms with Gasteiger partial charge in [0.2, 0.25) is 6.79 Å². The zero-order valence-electron chi connectivity index (χ0n) is 13.4. The number of aromatic nitrogens is 2. The maximum Gasteiger partial charge on any atom is 0.273 e. The summed E-state index contributed by atoms with van der Waals surface area (Å²) in [5.74, 6) is 1.76. The van der Waals surface area contributed by atoms with E-state index in [0.717, 1.165) is 5.56 Å². The number of carbonyl (C=O) groups excluding carboxylic acids is 1. The number of anilines is 1. The van der Waals surface area contributed by atoms with Crippen molar-refractivity contribution >= 4 is 11.6 Å². The molecule has 126 valence electrons. The Morgan fingerprint density at radius 2 is 2.04 bits per heavy atom. The molecule has 1 aliphatic heterocycles. The first-order valence-electron chi connectivity index (χ1n) is 7.64. The number of H-pyrrole nitrogens is 1. The lowest BCUT2D eigenvalue weighted by Gasteiger charge is -2.05. The highest BCUT2D eigenvalue weighted by atomic mass is 16.7. The van der Waals surface area contributed by atoms with E-state index in [0.29, 0.717) is 34.3 Å². The Bertz CT molecular complexity index is 936. The fourth-order valence-electron chi connectivity index (χ4n) is 2.54. The minimum Gasteiger partial charge on any atom is -0.497 e. The molecule has 0 saturated carbocycles. The number of amides is 1. The molecule has 3 aromatic rings. The van der Waals surface area contributed by atoms with E-state index in [1.165, 1.54) is 0 Å². The third kappa shape index (κ3) is 2.99. The van der Waals surface area contributed by atoms with E-state index >= 15 is 0 Å². The van der Waals surface area contributed by atoms with Crippen LogP contribution < -0.4 is 19.5 Å². The predicted molar refractivity (Wildman–Crippen MR) is 91.1 cm³/mol. The molecule has 0 saturated heterocycles. The number of ether oxygens (including phenoxy) is 3. The lowest BCUT2D eigenvalue weighted by Crippen LogP contribution is -2.12. The van der Waals surface area contributed by atoms with Gasteiger partial charge in [-0.25, -0.2) is 0 Å². The van der Waals surface area contributed by atoms with Crippen LogP contribution in [-0.2, 0) is 0 Å². The Kier molecular flexibility index (Phi) is 3.74. The Balaban J connectivity index is 1.53. The second-order valence-corrected chi connectivity index (χ2v) is 5.42. The standard InChI is InChI=1S/C18H15N3O4/c1-23-13-4-2-3-12(8-13)19-18(22)15-9-14(20-21-15)11-5-6-16-17(7-11)25-10-24-16/h2-9H,10H2,1H3,(H,19,22)(H,20,21). The minimum atomic E-state index is -0.284. The summed E-state index contributed by atoms with van der Waals surface area (Å²) in [5, 5.41) is 9.76. The van der Waals surface area contributed by atoms with Crippen LogP contribution in [0.15, 0.2) is 48.5 Å². The van der Waals surface area contributed by atoms with E-state index in [1.807, 2.05) is 24.3 Å². The molecule has 1 aromatic heterocycles. The normalized spacial score (nSPS) is 12.0. The van der Waals surface area contributed by atoms with Gasteiger partial charge in [-0.1, -0.05) is 6.07 Å². The average molecular weight is 337 g/mol. The Morgan fingerprint density at radius 1 is 1.16 bits per heavy atom. The van der Waals surface area contributed by atoms with Crippen LogP contribution in [0.2, 0.25) is 0 Å². The molecule has 0 radical (unpaired) electrons. The molecule has 0 fully saturated rings. The second kappa shape index (κ2) is 6.20. The molecule has 0 spiro atoms. The first-order chi connectivity index (χ1) is 12.2. The van der Waals surface area contributed by atoms with E-state index in [2.05, 4.69) is 15.5 Å². The van der Waals surface area contributed by atoms with Crippen LogP contribution in [0.25, 0.3) is 11.3 Å². The summed E-state index contributed by atoms with van der Waals surface area (Å²) in [6, 6.07) is 14.4. The summed E-state index contributed by atoms with van der Waals surface area (Å²) in [7, 11) is 1.58. The highest BCUT2D eigenvalue weighted by Crippen LogP contribution is 2.35. The van der Waals surface area contributed by atoms with Gasteiger partial charge in [-0.05, 0) is 36.4 Å². The Morgan fingerprint density at radius 3 is 2.92 bits per heavy atom. The van der Waals surface area contributed by atoms with Crippen molar-refractivity contribution in [3.05, 3.63) is 54.2 Å². The molecule has 2 heterocycles. The first-order valence-corrected chi connectivity index (χ1v) is 7.64. The molecule has 0 aliphatic carbocycles. The molecule has 2 N–H and O–H groups in total. The van der Waals surface area contributed by atoms with Gasteiger partial charge in [-0.3, -0.25) is 9.89 Å². The van der Waals surface area contributed by atoms with Crippen molar-refractivity contribution in [3.63, 3.8) is 0 Å². The van der Waals surface area contributed by atoms with Crippen LogP contribution in [0.1, 0.15) is 10.5 Å². The molecule has 0 bridgehead atoms. The van der Waals surface area contributed by atoms with Crippen molar-refractivity contribution < 1.29 is 19.0 Å². The van der Waals surface area contributed by atoms with Crippen molar-refractivity contribution in [3.8, 4) is 28.5 Å². The van der Waals surface area contributed by atoms with Gasteiger partial charge in [0.05, 0.1) is 12.8 Å². The molecule has 4 rings (SSSR count). The largest absolute Gasteiger partial charge is 0.497 e. The fourth-order valence-corrected chi connectivity index (χ4v) is 2.54. The number of hydrogen-bond donors (Lipinski definition) is 2. The third-order valence-corrected chi connectivity index (χ3v) is 3.82. The highest BCUT2D eigenvalue weighted by molar-refractivity contribution is 6.03. The van der Waals surface area contributed by atoms with Gasteiger partial charge in [0, 0.05) is 17.3 Å². The van der Waals surface area contributed by atoms with Crippen LogP contribution >= 0.6 is 0 Å². The number of methoxy groups -OCH3 is 1. The lowest BCUT2D eigenvalue weighted by molar-refractivity contribution is 0.102. The SMILES string of the molecule is COc1cccc(NC(=O)c2cc(-c3ccc4c(c3)OCO4)n[nH]2)c1. The zero-order valence-corrected chi connectivity index (χ0v) is 13.4. The summed E-state index contributed by atoms with van der Waals surface area (Å²) >= 11 is 0. The van der Waals surface area contributed by atoms with Crippen LogP contribution in [-0.4, -0.2) is 30.0 Å². The smallest absolute Gasteiger partial charge is 0.273 e. The number of hydrogen-bond acceptors (Lipinski definition) is 5. The molecule has 25 heavy (non-hydrogen) atoms. The number of nitrogens with one attached hydrogen (secondary N) is 2. The second-order valence-electron chi connectivity index (χ2n) is 5.42. The maximum absolute atomic E-state index is 12.4. The van der Waals surface area contributed by atoms with Gasteiger partial charge < -0.3 is 19.5 Å². The molecule has 1 amide bonds. The van der Waals surface area contributed by atoms with Crippen LogP contribution in [0.4, 0.5) is 5.69 Å². The molecule has 7 nitrogen and oxygen atoms in total. The molecular formula is C18H15N3O4. The number of benzene rings is 2. The zero-order chi connectivity index (χ0) is 17.2. The number of fused-ring (bicyclic) bond motifs is 1. The predicted octanol–water partition coefficient (Wildman–Crippen LogP) is 3.07. The number of aromatic amines is 1. The first kappa shape index (κ1) is 15.1. The van der Waals surface area contributed by atoms with Gasteiger partial charge in [-0.15, -0.1) is 0 Å². The molecule has 1 aliphatic rings. The third-order valence-electron chi connectivity index (χ3n) is 3.82. The Hall–Kier alpha value is -3.48. The van der Waals surface area contributed by atoms with Crippen LogP contribution in [0.3, 0.4) is 0 Å². The summed E-state index contributed by atoms with van der Waals surface area (Å²) in [4.78, 5) is 12.4. The summed E-state index contributed by atoms with van der Waals surface area (Å²) in [5.41, 5.74) is 2.48. The van der Waals surface area contributed by atoms with E-state index in [9.17, 15) is 4.79 Å². The van der Waals surface area contributed by atoms with Gasteiger partial charge in [0.25, 0.3) is 5.91 Å². The van der Waals surface area contributed by atoms with E-state index in [-0.39, 0.29) is 12.7 Å². The molecular weight excluding hydrogens is 322 g/mol. The van der Waals surface area contributed by atoms with Crippen LogP contribution in [0.5, 0.6) is 17.2 Å². The van der Waals surface area contributed by atoms with Crippen molar-refractivity contribution in [1.82, 2.24) is 10.2 Å². The number of carbonyl (C=O) groups is 1. The van der Waals surface area contributed by atoms with Gasteiger partial charge in [0.15, 0.2) is 11.5 Å². The summed E-state index contributed by atoms with van der Waals surface area (Å²) in [6.07, 6.45) is 0. The minimum absolute atomic E-state index is 0.216. The quantitative estimate of drug-likeness (QED) is 0.764. The topological polar surface area (TPSA) is 85.5 Å². The number of nitrogens with zero attached hydrogens (tertiary/aromatic N) is 1. The van der Waals surface area contributed by atoms with Crippen LogP contribution in [0, 0.1) is 0 Å². The molecule has 0 unspecified atom stereocenters. The highest BCUT2D eigenvalue weighted by Gasteiger charge is 2.16. The van der Waals surface area contributed by atoms with E-state index in [4.69, 9.17) is 14.2 Å².